The molecule has 0 aliphatic carbocycles. The standard InChI is InChI=1S/C6HF11O/c7-2(8)5(13,14)3(9,10)1(18)4(11,12)6(15,16)17/h2H. The van der Waals surface area contributed by atoms with E-state index < -0.39 is 36.2 Å². The number of hydrogen-bond acceptors (Lipinski definition) is 1. The summed E-state index contributed by atoms with van der Waals surface area (Å²) in [4.78, 5) is 10.1. The Bertz CT molecular complexity index is 327. The molecule has 0 aliphatic rings. The zero-order valence-electron chi connectivity index (χ0n) is 7.64. The molecule has 0 heterocycles. The number of carbonyl (C=O) groups excluding carboxylic acids is 1. The van der Waals surface area contributed by atoms with Crippen LogP contribution in [0.2, 0.25) is 0 Å². The number of hydrogen-bond donors (Lipinski definition) is 0. The summed E-state index contributed by atoms with van der Waals surface area (Å²) in [6, 6.07) is 0. The predicted molar refractivity (Wildman–Crippen MR) is 31.9 cm³/mol. The highest BCUT2D eigenvalue weighted by atomic mass is 19.4. The second-order valence-electron chi connectivity index (χ2n) is 2.90. The number of alkyl halides is 11. The molecule has 0 amide bonds. The van der Waals surface area contributed by atoms with Gasteiger partial charge in [-0.25, -0.2) is 8.78 Å². The van der Waals surface area contributed by atoms with E-state index in [2.05, 4.69) is 0 Å². The van der Waals surface area contributed by atoms with Gasteiger partial charge in [0.05, 0.1) is 0 Å². The Balaban J connectivity index is 5.60. The molecule has 0 saturated heterocycles. The molecule has 0 aromatic rings. The molecule has 0 unspecified atom stereocenters. The van der Waals surface area contributed by atoms with Crippen molar-refractivity contribution in [2.75, 3.05) is 0 Å². The van der Waals surface area contributed by atoms with E-state index in [1.165, 1.54) is 0 Å². The summed E-state index contributed by atoms with van der Waals surface area (Å²) < 4.78 is 130. The fraction of sp³-hybridized carbons (Fsp3) is 0.833. The molecule has 0 aliphatic heterocycles. The molecular formula is C6HF11O. The van der Waals surface area contributed by atoms with Gasteiger partial charge in [0.15, 0.2) is 0 Å². The molecule has 1 nitrogen and oxygen atoms in total. The summed E-state index contributed by atoms with van der Waals surface area (Å²) in [5.74, 6) is -25.1. The van der Waals surface area contributed by atoms with Gasteiger partial charge in [-0.2, -0.15) is 39.5 Å². The zero-order chi connectivity index (χ0) is 15.2. The first-order valence-corrected chi connectivity index (χ1v) is 3.63. The quantitative estimate of drug-likeness (QED) is 0.728. The minimum atomic E-state index is -6.91. The maximum Gasteiger partial charge on any atom is 0.461 e. The molecule has 0 spiro atoms. The molecule has 0 rings (SSSR count). The van der Waals surface area contributed by atoms with Crippen molar-refractivity contribution < 1.29 is 53.1 Å². The minimum Gasteiger partial charge on any atom is -0.285 e. The molecule has 0 bridgehead atoms. The first-order chi connectivity index (χ1) is 7.60. The van der Waals surface area contributed by atoms with Gasteiger partial charge in [-0.3, -0.25) is 4.79 Å². The van der Waals surface area contributed by atoms with Gasteiger partial charge in [0.25, 0.3) is 5.78 Å². The lowest BCUT2D eigenvalue weighted by molar-refractivity contribution is -0.299. The number of rotatable bonds is 4. The first-order valence-electron chi connectivity index (χ1n) is 3.63. The lowest BCUT2D eigenvalue weighted by Crippen LogP contribution is -2.60. The fourth-order valence-electron chi connectivity index (χ4n) is 0.614. The minimum absolute atomic E-state index is 4.65. The van der Waals surface area contributed by atoms with Crippen LogP contribution in [0.25, 0.3) is 0 Å². The van der Waals surface area contributed by atoms with Gasteiger partial charge in [-0.15, -0.1) is 0 Å². The Morgan fingerprint density at radius 2 is 1.06 bits per heavy atom. The topological polar surface area (TPSA) is 17.1 Å². The van der Waals surface area contributed by atoms with E-state index in [1.807, 2.05) is 0 Å². The van der Waals surface area contributed by atoms with Crippen LogP contribution in [0.5, 0.6) is 0 Å². The fourth-order valence-corrected chi connectivity index (χ4v) is 0.614. The summed E-state index contributed by atoms with van der Waals surface area (Å²) in [5.41, 5.74) is 0. The average molecular weight is 298 g/mol. The number of halogens is 11. The van der Waals surface area contributed by atoms with Crippen molar-refractivity contribution in [3.63, 3.8) is 0 Å². The Morgan fingerprint density at radius 3 is 1.28 bits per heavy atom. The highest BCUT2D eigenvalue weighted by molar-refractivity contribution is 5.93. The van der Waals surface area contributed by atoms with Crippen LogP contribution >= 0.6 is 0 Å². The van der Waals surface area contributed by atoms with Gasteiger partial charge in [0.1, 0.15) is 0 Å². The van der Waals surface area contributed by atoms with Gasteiger partial charge < -0.3 is 0 Å². The van der Waals surface area contributed by atoms with Crippen molar-refractivity contribution in [3.05, 3.63) is 0 Å². The number of Topliss-reactive ketones (excluding diaryl/α,β-unsaturated/α-hetero) is 1. The Kier molecular flexibility index (Phi) is 3.97. The smallest absolute Gasteiger partial charge is 0.285 e. The van der Waals surface area contributed by atoms with Crippen molar-refractivity contribution >= 4 is 5.78 Å². The van der Waals surface area contributed by atoms with Crippen LogP contribution in [-0.2, 0) is 4.79 Å². The molecular weight excluding hydrogens is 297 g/mol. The van der Waals surface area contributed by atoms with E-state index in [4.69, 9.17) is 0 Å². The normalized spacial score (nSPS) is 15.1. The van der Waals surface area contributed by atoms with Crippen molar-refractivity contribution in [1.29, 1.82) is 0 Å². The Morgan fingerprint density at radius 1 is 0.722 bits per heavy atom. The molecule has 0 radical (unpaired) electrons. The molecule has 0 atom stereocenters. The number of ketones is 1. The van der Waals surface area contributed by atoms with E-state index in [0.717, 1.165) is 0 Å². The van der Waals surface area contributed by atoms with Crippen molar-refractivity contribution in [2.45, 2.75) is 30.4 Å². The van der Waals surface area contributed by atoms with Gasteiger partial charge >= 0.3 is 30.4 Å². The van der Waals surface area contributed by atoms with Gasteiger partial charge in [0.2, 0.25) is 0 Å². The molecule has 18 heavy (non-hydrogen) atoms. The molecule has 0 fully saturated rings. The SMILES string of the molecule is O=C(C(F)(F)C(F)(F)F)C(F)(F)C(F)(F)C(F)F. The molecule has 0 saturated carbocycles. The third-order valence-corrected chi connectivity index (χ3v) is 1.62. The van der Waals surface area contributed by atoms with Crippen LogP contribution in [0.3, 0.4) is 0 Å². The first kappa shape index (κ1) is 16.9. The van der Waals surface area contributed by atoms with E-state index >= 15 is 0 Å². The molecule has 0 aromatic heterocycles. The Labute approximate surface area is 90.5 Å². The van der Waals surface area contributed by atoms with E-state index in [0.29, 0.717) is 0 Å². The number of carbonyl (C=O) groups is 1. The zero-order valence-corrected chi connectivity index (χ0v) is 7.64. The molecule has 0 aromatic carbocycles. The second kappa shape index (κ2) is 4.23. The summed E-state index contributed by atoms with van der Waals surface area (Å²) in [6.45, 7) is 0. The van der Waals surface area contributed by atoms with Crippen molar-refractivity contribution in [2.24, 2.45) is 0 Å². The summed E-state index contributed by atoms with van der Waals surface area (Å²) >= 11 is 0. The van der Waals surface area contributed by atoms with Crippen molar-refractivity contribution in [1.82, 2.24) is 0 Å². The van der Waals surface area contributed by atoms with Crippen LogP contribution in [-0.4, -0.2) is 36.2 Å². The van der Waals surface area contributed by atoms with Crippen molar-refractivity contribution in [3.8, 4) is 0 Å². The predicted octanol–water partition coefficient (Wildman–Crippen LogP) is 3.29. The highest BCUT2D eigenvalue weighted by Gasteiger charge is 2.77. The molecule has 108 valence electrons. The highest BCUT2D eigenvalue weighted by Crippen LogP contribution is 2.47. The van der Waals surface area contributed by atoms with Gasteiger partial charge in [-0.1, -0.05) is 0 Å². The lowest BCUT2D eigenvalue weighted by atomic mass is 10.0. The second-order valence-corrected chi connectivity index (χ2v) is 2.90. The largest absolute Gasteiger partial charge is 0.461 e. The Hall–Kier alpha value is -1.10. The van der Waals surface area contributed by atoms with E-state index in [-0.39, 0.29) is 0 Å². The summed E-state index contributed by atoms with van der Waals surface area (Å²) in [5, 5.41) is 0. The summed E-state index contributed by atoms with van der Waals surface area (Å²) in [7, 11) is 0. The summed E-state index contributed by atoms with van der Waals surface area (Å²) in [6.07, 6.45) is -12.2. The van der Waals surface area contributed by atoms with Crippen LogP contribution in [0.4, 0.5) is 48.3 Å². The van der Waals surface area contributed by atoms with Gasteiger partial charge in [0, 0.05) is 0 Å². The molecule has 12 heteroatoms. The van der Waals surface area contributed by atoms with E-state index in [1.54, 1.807) is 0 Å². The van der Waals surface area contributed by atoms with E-state index in [9.17, 15) is 53.1 Å². The van der Waals surface area contributed by atoms with Gasteiger partial charge in [-0.05, 0) is 0 Å². The van der Waals surface area contributed by atoms with Crippen LogP contribution in [0.1, 0.15) is 0 Å². The monoisotopic (exact) mass is 298 g/mol. The maximum absolute atomic E-state index is 12.3. The third-order valence-electron chi connectivity index (χ3n) is 1.62. The lowest BCUT2D eigenvalue weighted by Gasteiger charge is -2.28. The van der Waals surface area contributed by atoms with Crippen LogP contribution in [0.15, 0.2) is 0 Å². The maximum atomic E-state index is 12.3. The average Bonchev–Trinajstić information content (AvgIpc) is 2.13. The molecule has 0 N–H and O–H groups in total. The third kappa shape index (κ3) is 2.36. The van der Waals surface area contributed by atoms with Crippen LogP contribution < -0.4 is 0 Å². The van der Waals surface area contributed by atoms with Crippen LogP contribution in [0, 0.1) is 0 Å².